The molecule has 0 aromatic carbocycles. The lowest BCUT2D eigenvalue weighted by Gasteiger charge is -2.27. The van der Waals surface area contributed by atoms with E-state index < -0.39 is 11.6 Å². The molecule has 0 aromatic rings. The van der Waals surface area contributed by atoms with Crippen LogP contribution in [0.3, 0.4) is 0 Å². The molecule has 4 atom stereocenters. The van der Waals surface area contributed by atoms with E-state index in [1.165, 1.54) is 12.0 Å². The Labute approximate surface area is 150 Å². The zero-order valence-corrected chi connectivity index (χ0v) is 14.9. The predicted octanol–water partition coefficient (Wildman–Crippen LogP) is 3.27. The van der Waals surface area contributed by atoms with E-state index in [1.807, 2.05) is 0 Å². The van der Waals surface area contributed by atoms with Gasteiger partial charge >= 0.3 is 5.97 Å². The fraction of sp³-hybridized carbons (Fsp3) is 0.762. The number of allylic oxidation sites excluding steroid dienone is 2. The molecule has 3 unspecified atom stereocenters. The molecule has 3 N–H and O–H groups in total. The van der Waals surface area contributed by atoms with Crippen molar-refractivity contribution >= 4 is 5.97 Å². The third-order valence-corrected chi connectivity index (χ3v) is 6.23. The fourth-order valence-corrected chi connectivity index (χ4v) is 4.87. The Bertz CT molecular complexity index is 576. The topological polar surface area (TPSA) is 77.8 Å². The third-order valence-electron chi connectivity index (χ3n) is 6.23. The van der Waals surface area contributed by atoms with Crippen molar-refractivity contribution < 1.29 is 20.1 Å². The van der Waals surface area contributed by atoms with E-state index in [1.54, 1.807) is 0 Å². The van der Waals surface area contributed by atoms with Gasteiger partial charge in [-0.3, -0.25) is 4.79 Å². The zero-order valence-electron chi connectivity index (χ0n) is 14.9. The summed E-state index contributed by atoms with van der Waals surface area (Å²) in [5.41, 5.74) is 0.555. The Morgan fingerprint density at radius 3 is 2.72 bits per heavy atom. The van der Waals surface area contributed by atoms with E-state index in [0.717, 1.165) is 51.4 Å². The molecule has 3 rings (SSSR count). The summed E-state index contributed by atoms with van der Waals surface area (Å²) in [5.74, 6) is 6.50. The van der Waals surface area contributed by atoms with Crippen LogP contribution >= 0.6 is 0 Å². The molecule has 0 amide bonds. The fourth-order valence-electron chi connectivity index (χ4n) is 4.87. The summed E-state index contributed by atoms with van der Waals surface area (Å²) in [4.78, 5) is 10.6. The Hall–Kier alpha value is -1.31. The number of unbranched alkanes of at least 4 members (excludes halogenated alkanes) is 1. The molecule has 0 heterocycles. The number of hydrogen-bond acceptors (Lipinski definition) is 3. The zero-order chi connectivity index (χ0) is 17.9. The monoisotopic (exact) mass is 346 g/mol. The number of aliphatic carboxylic acids is 1. The van der Waals surface area contributed by atoms with E-state index in [4.69, 9.17) is 5.11 Å². The Morgan fingerprint density at radius 1 is 1.24 bits per heavy atom. The summed E-state index contributed by atoms with van der Waals surface area (Å²) in [6.45, 7) is 0. The van der Waals surface area contributed by atoms with Crippen LogP contribution in [0.4, 0.5) is 0 Å². The SMILES string of the molecule is O=C(O)CCC/C=C1\CC2CC(O)[C@H](C#CC3(O)CCCCC3)C2C1. The maximum absolute atomic E-state index is 10.6. The van der Waals surface area contributed by atoms with E-state index >= 15 is 0 Å². The smallest absolute Gasteiger partial charge is 0.303 e. The first-order valence-corrected chi connectivity index (χ1v) is 9.80. The second-order valence-electron chi connectivity index (χ2n) is 8.17. The maximum Gasteiger partial charge on any atom is 0.303 e. The van der Waals surface area contributed by atoms with E-state index in [2.05, 4.69) is 17.9 Å². The average Bonchev–Trinajstić information content (AvgIpc) is 3.07. The van der Waals surface area contributed by atoms with Gasteiger partial charge in [-0.1, -0.05) is 29.9 Å². The molecule has 0 aromatic heterocycles. The number of aliphatic hydroxyl groups excluding tert-OH is 1. The predicted molar refractivity (Wildman–Crippen MR) is 95.7 cm³/mol. The molecular weight excluding hydrogens is 316 g/mol. The number of carboxylic acids is 1. The summed E-state index contributed by atoms with van der Waals surface area (Å²) in [7, 11) is 0. The Morgan fingerprint density at radius 2 is 2.00 bits per heavy atom. The molecule has 0 bridgehead atoms. The molecule has 4 nitrogen and oxygen atoms in total. The van der Waals surface area contributed by atoms with Crippen molar-refractivity contribution in [2.75, 3.05) is 0 Å². The highest BCUT2D eigenvalue weighted by atomic mass is 16.4. The van der Waals surface area contributed by atoms with Gasteiger partial charge in [-0.2, -0.15) is 0 Å². The molecule has 138 valence electrons. The van der Waals surface area contributed by atoms with E-state index in [-0.39, 0.29) is 18.4 Å². The van der Waals surface area contributed by atoms with Crippen LogP contribution in [0.1, 0.15) is 70.6 Å². The van der Waals surface area contributed by atoms with Crippen molar-refractivity contribution in [3.05, 3.63) is 11.6 Å². The molecular formula is C21H30O4. The first kappa shape index (κ1) is 18.5. The molecule has 3 fully saturated rings. The van der Waals surface area contributed by atoms with E-state index in [0.29, 0.717) is 18.3 Å². The van der Waals surface area contributed by atoms with Gasteiger partial charge in [0.15, 0.2) is 0 Å². The van der Waals surface area contributed by atoms with Gasteiger partial charge in [0.1, 0.15) is 5.60 Å². The number of carbonyl (C=O) groups is 1. The first-order chi connectivity index (χ1) is 12.0. The van der Waals surface area contributed by atoms with Crippen molar-refractivity contribution in [1.82, 2.24) is 0 Å². The molecule has 0 aliphatic heterocycles. The number of hydrogen-bond donors (Lipinski definition) is 3. The largest absolute Gasteiger partial charge is 0.481 e. The molecule has 0 radical (unpaired) electrons. The lowest BCUT2D eigenvalue weighted by Crippen LogP contribution is -2.30. The van der Waals surface area contributed by atoms with Gasteiger partial charge in [-0.25, -0.2) is 0 Å². The van der Waals surface area contributed by atoms with Crippen molar-refractivity contribution in [2.24, 2.45) is 17.8 Å². The summed E-state index contributed by atoms with van der Waals surface area (Å²) in [5, 5.41) is 29.7. The minimum Gasteiger partial charge on any atom is -0.481 e. The number of fused-ring (bicyclic) bond motifs is 1. The second kappa shape index (κ2) is 7.93. The lowest BCUT2D eigenvalue weighted by molar-refractivity contribution is -0.137. The van der Waals surface area contributed by atoms with Crippen molar-refractivity contribution in [2.45, 2.75) is 82.3 Å². The molecule has 3 saturated carbocycles. The van der Waals surface area contributed by atoms with Crippen molar-refractivity contribution in [1.29, 1.82) is 0 Å². The van der Waals surface area contributed by atoms with Crippen LogP contribution in [0.5, 0.6) is 0 Å². The number of rotatable bonds is 4. The standard InChI is InChI=1S/C21H30O4/c22-19-14-16-12-15(6-2-3-7-20(23)24)13-18(16)17(19)8-11-21(25)9-4-1-5-10-21/h6,16-19,22,25H,1-5,7,9-10,12-14H2,(H,23,24)/b15-6+/t16?,17-,18?,19?/m1/s1. The van der Waals surface area contributed by atoms with Crippen LogP contribution in [0.2, 0.25) is 0 Å². The normalized spacial score (nSPS) is 35.2. The Balaban J connectivity index is 1.59. The maximum atomic E-state index is 10.6. The Kier molecular flexibility index (Phi) is 5.86. The summed E-state index contributed by atoms with van der Waals surface area (Å²) >= 11 is 0. The van der Waals surface area contributed by atoms with Gasteiger partial charge in [0.05, 0.1) is 6.10 Å². The first-order valence-electron chi connectivity index (χ1n) is 9.80. The van der Waals surface area contributed by atoms with Crippen LogP contribution < -0.4 is 0 Å². The molecule has 4 heteroatoms. The highest BCUT2D eigenvalue weighted by Crippen LogP contribution is 2.50. The average molecular weight is 346 g/mol. The molecule has 25 heavy (non-hydrogen) atoms. The van der Waals surface area contributed by atoms with Crippen LogP contribution in [-0.2, 0) is 4.79 Å². The van der Waals surface area contributed by atoms with Gasteiger partial charge in [-0.05, 0) is 69.6 Å². The highest BCUT2D eigenvalue weighted by molar-refractivity contribution is 5.66. The van der Waals surface area contributed by atoms with Crippen LogP contribution in [0, 0.1) is 29.6 Å². The van der Waals surface area contributed by atoms with Crippen molar-refractivity contribution in [3.63, 3.8) is 0 Å². The minimum absolute atomic E-state index is 0.0270. The van der Waals surface area contributed by atoms with Crippen LogP contribution in [0.15, 0.2) is 11.6 Å². The lowest BCUT2D eigenvalue weighted by atomic mass is 9.84. The van der Waals surface area contributed by atoms with Gasteiger partial charge in [0.25, 0.3) is 0 Å². The second-order valence-corrected chi connectivity index (χ2v) is 8.17. The summed E-state index contributed by atoms with van der Waals surface area (Å²) in [6.07, 6.45) is 11.1. The van der Waals surface area contributed by atoms with Gasteiger partial charge in [-0.15, -0.1) is 0 Å². The van der Waals surface area contributed by atoms with Crippen LogP contribution in [-0.4, -0.2) is 33.0 Å². The molecule has 0 spiro atoms. The molecule has 3 aliphatic rings. The minimum atomic E-state index is -0.843. The number of aliphatic hydroxyl groups is 2. The third kappa shape index (κ3) is 4.65. The quantitative estimate of drug-likeness (QED) is 0.415. The van der Waals surface area contributed by atoms with Crippen LogP contribution in [0.25, 0.3) is 0 Å². The van der Waals surface area contributed by atoms with E-state index in [9.17, 15) is 15.0 Å². The van der Waals surface area contributed by atoms with Crippen molar-refractivity contribution in [3.8, 4) is 11.8 Å². The van der Waals surface area contributed by atoms with Gasteiger partial charge < -0.3 is 15.3 Å². The molecule has 3 aliphatic carbocycles. The molecule has 0 saturated heterocycles. The van der Waals surface area contributed by atoms with Gasteiger partial charge in [0, 0.05) is 12.3 Å². The highest BCUT2D eigenvalue weighted by Gasteiger charge is 2.45. The summed E-state index contributed by atoms with van der Waals surface area (Å²) < 4.78 is 0. The number of carboxylic acid groups (broad SMARTS) is 1. The van der Waals surface area contributed by atoms with Gasteiger partial charge in [0.2, 0.25) is 0 Å². The summed E-state index contributed by atoms with van der Waals surface area (Å²) in [6, 6.07) is 0.